The third-order valence-corrected chi connectivity index (χ3v) is 4.32. The number of rotatable bonds is 5. The summed E-state index contributed by atoms with van der Waals surface area (Å²) in [6, 6.07) is 7.42. The maximum atomic E-state index is 12.3. The van der Waals surface area contributed by atoms with Gasteiger partial charge in [-0.3, -0.25) is 9.59 Å². The van der Waals surface area contributed by atoms with E-state index in [4.69, 9.17) is 16.3 Å². The van der Waals surface area contributed by atoms with Gasteiger partial charge in [-0.1, -0.05) is 35.9 Å². The van der Waals surface area contributed by atoms with Gasteiger partial charge in [-0.15, -0.1) is 0 Å². The molecule has 2 heterocycles. The fourth-order valence-electron chi connectivity index (χ4n) is 3.06. The van der Waals surface area contributed by atoms with Crippen molar-refractivity contribution in [2.75, 3.05) is 6.54 Å². The van der Waals surface area contributed by atoms with E-state index in [9.17, 15) is 14.7 Å². The fraction of sp³-hybridized carbons (Fsp3) is 0.375. The molecule has 4 atom stereocenters. The lowest BCUT2D eigenvalue weighted by molar-refractivity contribution is -0.146. The summed E-state index contributed by atoms with van der Waals surface area (Å²) in [4.78, 5) is 23.6. The van der Waals surface area contributed by atoms with E-state index in [2.05, 4.69) is 5.32 Å². The van der Waals surface area contributed by atoms with E-state index < -0.39 is 30.0 Å². The Hall–Kier alpha value is -1.85. The minimum Gasteiger partial charge on any atom is -0.481 e. The molecule has 1 amide bonds. The summed E-state index contributed by atoms with van der Waals surface area (Å²) in [6.45, 7) is 0.434. The van der Waals surface area contributed by atoms with Crippen LogP contribution in [0.1, 0.15) is 5.56 Å². The normalized spacial score (nSPS) is 28.8. The lowest BCUT2D eigenvalue weighted by atomic mass is 9.82. The molecule has 0 unspecified atom stereocenters. The van der Waals surface area contributed by atoms with E-state index >= 15 is 0 Å². The molecule has 0 aliphatic carbocycles. The van der Waals surface area contributed by atoms with Crippen LogP contribution in [0.5, 0.6) is 0 Å². The number of fused-ring (bicyclic) bond motifs is 2. The first-order valence-corrected chi connectivity index (χ1v) is 7.53. The zero-order chi connectivity index (χ0) is 15.7. The number of benzene rings is 1. The Bertz CT molecular complexity index is 630. The third-order valence-electron chi connectivity index (χ3n) is 4.09. The van der Waals surface area contributed by atoms with E-state index in [0.717, 1.165) is 5.56 Å². The summed E-state index contributed by atoms with van der Waals surface area (Å²) in [6.07, 6.45) is 3.20. The molecular weight excluding hydrogens is 306 g/mol. The van der Waals surface area contributed by atoms with Crippen molar-refractivity contribution in [3.05, 3.63) is 47.0 Å². The Morgan fingerprint density at radius 1 is 1.23 bits per heavy atom. The van der Waals surface area contributed by atoms with Crippen LogP contribution < -0.4 is 5.32 Å². The predicted molar refractivity (Wildman–Crippen MR) is 80.6 cm³/mol. The number of hydrogen-bond acceptors (Lipinski definition) is 3. The number of aliphatic carboxylic acids is 1. The van der Waals surface area contributed by atoms with Crippen LogP contribution in [0, 0.1) is 11.8 Å². The third kappa shape index (κ3) is 2.87. The minimum atomic E-state index is -0.994. The standard InChI is InChI=1S/C16H16ClNO4/c17-10-3-1-2-9(8-10)6-7-18-15(19)13-11-4-5-12(22-11)14(13)16(20)21/h1-5,8,11-14H,6-7H2,(H,18,19)(H,20,21)/t11-,12+,13-,14-/m0/s1. The number of nitrogens with one attached hydrogen (secondary N) is 1. The minimum absolute atomic E-state index is 0.272. The van der Waals surface area contributed by atoms with Crippen molar-refractivity contribution in [2.45, 2.75) is 18.6 Å². The molecule has 2 N–H and O–H groups in total. The van der Waals surface area contributed by atoms with Gasteiger partial charge in [-0.2, -0.15) is 0 Å². The molecule has 3 rings (SSSR count). The molecule has 0 radical (unpaired) electrons. The van der Waals surface area contributed by atoms with Gasteiger partial charge >= 0.3 is 5.97 Å². The molecule has 22 heavy (non-hydrogen) atoms. The highest BCUT2D eigenvalue weighted by molar-refractivity contribution is 6.30. The molecule has 2 aliphatic heterocycles. The van der Waals surface area contributed by atoms with Crippen LogP contribution >= 0.6 is 11.6 Å². The van der Waals surface area contributed by atoms with Crippen molar-refractivity contribution < 1.29 is 19.4 Å². The molecule has 0 aromatic heterocycles. The molecule has 0 spiro atoms. The Balaban J connectivity index is 1.58. The Morgan fingerprint density at radius 3 is 2.64 bits per heavy atom. The second-order valence-electron chi connectivity index (χ2n) is 5.51. The van der Waals surface area contributed by atoms with E-state index in [1.807, 2.05) is 18.2 Å². The highest BCUT2D eigenvalue weighted by Crippen LogP contribution is 2.39. The summed E-state index contributed by atoms with van der Waals surface area (Å²) in [7, 11) is 0. The maximum absolute atomic E-state index is 12.3. The molecule has 5 nitrogen and oxygen atoms in total. The summed E-state index contributed by atoms with van der Waals surface area (Å²) in [5, 5.41) is 12.7. The average molecular weight is 322 g/mol. The Morgan fingerprint density at radius 2 is 1.95 bits per heavy atom. The van der Waals surface area contributed by atoms with Crippen molar-refractivity contribution >= 4 is 23.5 Å². The summed E-state index contributed by atoms with van der Waals surface area (Å²) in [5.41, 5.74) is 1.02. The number of ether oxygens (including phenoxy) is 1. The van der Waals surface area contributed by atoms with E-state index in [1.165, 1.54) is 0 Å². The molecule has 1 aromatic rings. The van der Waals surface area contributed by atoms with Gasteiger partial charge in [0.2, 0.25) is 5.91 Å². The van der Waals surface area contributed by atoms with Gasteiger partial charge in [0.1, 0.15) is 5.92 Å². The summed E-state index contributed by atoms with van der Waals surface area (Å²) in [5.74, 6) is -2.73. The van der Waals surface area contributed by atoms with Crippen LogP contribution in [0.2, 0.25) is 5.02 Å². The van der Waals surface area contributed by atoms with Crippen LogP contribution in [0.3, 0.4) is 0 Å². The van der Waals surface area contributed by atoms with Crippen LogP contribution in [-0.4, -0.2) is 35.7 Å². The second-order valence-corrected chi connectivity index (χ2v) is 5.95. The number of halogens is 1. The molecule has 1 fully saturated rings. The van der Waals surface area contributed by atoms with E-state index in [0.29, 0.717) is 18.0 Å². The van der Waals surface area contributed by atoms with Crippen molar-refractivity contribution in [3.8, 4) is 0 Å². The van der Waals surface area contributed by atoms with E-state index in [-0.39, 0.29) is 5.91 Å². The van der Waals surface area contributed by atoms with Crippen LogP contribution in [-0.2, 0) is 20.7 Å². The number of carbonyl (C=O) groups is 2. The summed E-state index contributed by atoms with van der Waals surface area (Å²) >= 11 is 5.91. The van der Waals surface area contributed by atoms with Crippen molar-refractivity contribution in [1.82, 2.24) is 5.32 Å². The second kappa shape index (κ2) is 6.10. The van der Waals surface area contributed by atoms with Gasteiger partial charge in [0, 0.05) is 11.6 Å². The molecule has 0 saturated carbocycles. The van der Waals surface area contributed by atoms with Gasteiger partial charge in [0.15, 0.2) is 0 Å². The average Bonchev–Trinajstić information content (AvgIpc) is 3.07. The SMILES string of the molecule is O=C(NCCc1cccc(Cl)c1)[C@@H]1[C@@H](C(=O)O)[C@H]2C=C[C@@H]1O2. The van der Waals surface area contributed by atoms with Gasteiger partial charge in [0.25, 0.3) is 0 Å². The first-order chi connectivity index (χ1) is 10.6. The van der Waals surface area contributed by atoms with E-state index in [1.54, 1.807) is 18.2 Å². The maximum Gasteiger partial charge on any atom is 0.310 e. The molecule has 2 bridgehead atoms. The van der Waals surface area contributed by atoms with Gasteiger partial charge in [-0.25, -0.2) is 0 Å². The van der Waals surface area contributed by atoms with Crippen molar-refractivity contribution in [3.63, 3.8) is 0 Å². The number of amides is 1. The lowest BCUT2D eigenvalue weighted by Gasteiger charge is -2.20. The fourth-order valence-corrected chi connectivity index (χ4v) is 3.27. The van der Waals surface area contributed by atoms with Gasteiger partial charge in [-0.05, 0) is 24.1 Å². The van der Waals surface area contributed by atoms with Crippen LogP contribution in [0.4, 0.5) is 0 Å². The topological polar surface area (TPSA) is 75.6 Å². The predicted octanol–water partition coefficient (Wildman–Crippen LogP) is 1.65. The molecule has 116 valence electrons. The number of carboxylic acid groups (broad SMARTS) is 1. The highest BCUT2D eigenvalue weighted by Gasteiger charge is 2.53. The lowest BCUT2D eigenvalue weighted by Crippen LogP contribution is -2.43. The van der Waals surface area contributed by atoms with Crippen LogP contribution in [0.25, 0.3) is 0 Å². The monoisotopic (exact) mass is 321 g/mol. The van der Waals surface area contributed by atoms with Crippen molar-refractivity contribution in [2.24, 2.45) is 11.8 Å². The highest BCUT2D eigenvalue weighted by atomic mass is 35.5. The Labute approximate surface area is 132 Å². The number of carboxylic acids is 1. The first kappa shape index (κ1) is 15.1. The molecule has 6 heteroatoms. The van der Waals surface area contributed by atoms with Gasteiger partial charge in [0.05, 0.1) is 18.1 Å². The largest absolute Gasteiger partial charge is 0.481 e. The number of carbonyl (C=O) groups excluding carboxylic acids is 1. The van der Waals surface area contributed by atoms with Crippen molar-refractivity contribution in [1.29, 1.82) is 0 Å². The smallest absolute Gasteiger partial charge is 0.310 e. The summed E-state index contributed by atoms with van der Waals surface area (Å²) < 4.78 is 5.49. The quantitative estimate of drug-likeness (QED) is 0.809. The first-order valence-electron chi connectivity index (χ1n) is 7.15. The molecular formula is C16H16ClNO4. The van der Waals surface area contributed by atoms with Crippen LogP contribution in [0.15, 0.2) is 36.4 Å². The number of hydrogen-bond donors (Lipinski definition) is 2. The molecule has 1 aromatic carbocycles. The Kier molecular flexibility index (Phi) is 4.18. The molecule has 1 saturated heterocycles. The molecule has 2 aliphatic rings. The zero-order valence-corrected chi connectivity index (χ0v) is 12.5. The van der Waals surface area contributed by atoms with Gasteiger partial charge < -0.3 is 15.2 Å². The zero-order valence-electron chi connectivity index (χ0n) is 11.7.